The highest BCUT2D eigenvalue weighted by molar-refractivity contribution is 7.98. The Morgan fingerprint density at radius 1 is 1.56 bits per heavy atom. The first-order valence-corrected chi connectivity index (χ1v) is 7.66. The van der Waals surface area contributed by atoms with E-state index in [0.717, 1.165) is 38.1 Å². The molecule has 1 N–H and O–H groups in total. The Hall–Kier alpha value is -0.220. The molecule has 94 valence electrons. The number of carbonyl (C=O) groups is 1. The fourth-order valence-electron chi connectivity index (χ4n) is 2.14. The van der Waals surface area contributed by atoms with E-state index in [1.165, 1.54) is 0 Å². The van der Waals surface area contributed by atoms with Crippen LogP contribution in [0.25, 0.3) is 0 Å². The highest BCUT2D eigenvalue weighted by atomic mass is 32.2. The molecule has 16 heavy (non-hydrogen) atoms. The average Bonchev–Trinajstić information content (AvgIpc) is 2.65. The zero-order chi connectivity index (χ0) is 12.0. The minimum absolute atomic E-state index is 0.0795. The van der Waals surface area contributed by atoms with Crippen molar-refractivity contribution < 1.29 is 4.79 Å². The van der Waals surface area contributed by atoms with Gasteiger partial charge >= 0.3 is 0 Å². The zero-order valence-corrected chi connectivity index (χ0v) is 11.5. The van der Waals surface area contributed by atoms with E-state index in [1.54, 1.807) is 0 Å². The summed E-state index contributed by atoms with van der Waals surface area (Å²) >= 11 is 1.82. The molecule has 1 fully saturated rings. The van der Waals surface area contributed by atoms with Gasteiger partial charge in [-0.25, -0.2) is 0 Å². The van der Waals surface area contributed by atoms with Crippen molar-refractivity contribution in [3.05, 3.63) is 0 Å². The molecule has 0 spiro atoms. The number of carbonyl (C=O) groups excluding carboxylic acids is 1. The molecule has 0 aliphatic carbocycles. The summed E-state index contributed by atoms with van der Waals surface area (Å²) in [6.07, 6.45) is 6.44. The molecule has 0 aromatic heterocycles. The minimum atomic E-state index is 0.0795. The van der Waals surface area contributed by atoms with Gasteiger partial charge in [-0.1, -0.05) is 26.7 Å². The molecule has 0 radical (unpaired) electrons. The second kappa shape index (κ2) is 7.17. The van der Waals surface area contributed by atoms with E-state index in [2.05, 4.69) is 25.4 Å². The normalized spacial score (nSPS) is 22.8. The van der Waals surface area contributed by atoms with Crippen LogP contribution in [0.15, 0.2) is 0 Å². The lowest BCUT2D eigenvalue weighted by Crippen LogP contribution is -2.39. The Kier molecular flexibility index (Phi) is 6.21. The van der Waals surface area contributed by atoms with Gasteiger partial charge in [0, 0.05) is 11.8 Å². The SMILES string of the molecule is CCCCC1NCN(C(CC)CSC)C1=O. The molecular formula is C12H24N2OS. The number of nitrogens with one attached hydrogen (secondary N) is 1. The van der Waals surface area contributed by atoms with Crippen molar-refractivity contribution in [2.45, 2.75) is 51.6 Å². The fraction of sp³-hybridized carbons (Fsp3) is 0.917. The third-order valence-corrected chi connectivity index (χ3v) is 3.92. The van der Waals surface area contributed by atoms with Gasteiger partial charge in [-0.2, -0.15) is 11.8 Å². The van der Waals surface area contributed by atoms with Crippen LogP contribution in [0.1, 0.15) is 39.5 Å². The molecule has 1 heterocycles. The van der Waals surface area contributed by atoms with Crippen LogP contribution in [-0.4, -0.2) is 41.6 Å². The van der Waals surface area contributed by atoms with E-state index < -0.39 is 0 Å². The van der Waals surface area contributed by atoms with Gasteiger partial charge in [-0.15, -0.1) is 0 Å². The highest BCUT2D eigenvalue weighted by Gasteiger charge is 2.33. The molecule has 1 aliphatic heterocycles. The standard InChI is InChI=1S/C12H24N2OS/c1-4-6-7-11-12(15)14(9-13-11)10(5-2)8-16-3/h10-11,13H,4-9H2,1-3H3. The molecule has 2 unspecified atom stereocenters. The van der Waals surface area contributed by atoms with Crippen molar-refractivity contribution in [2.24, 2.45) is 0 Å². The second-order valence-corrected chi connectivity index (χ2v) is 5.29. The van der Waals surface area contributed by atoms with Gasteiger partial charge in [-0.3, -0.25) is 10.1 Å². The van der Waals surface area contributed by atoms with Crippen LogP contribution in [0.3, 0.4) is 0 Å². The number of unbranched alkanes of at least 4 members (excludes halogenated alkanes) is 1. The predicted molar refractivity (Wildman–Crippen MR) is 70.6 cm³/mol. The van der Waals surface area contributed by atoms with Crippen LogP contribution >= 0.6 is 11.8 Å². The summed E-state index contributed by atoms with van der Waals surface area (Å²) in [5.74, 6) is 1.36. The Labute approximate surface area is 103 Å². The van der Waals surface area contributed by atoms with Gasteiger partial charge in [0.1, 0.15) is 0 Å². The number of thioether (sulfide) groups is 1. The van der Waals surface area contributed by atoms with Crippen LogP contribution < -0.4 is 5.32 Å². The molecule has 1 aliphatic rings. The Balaban J connectivity index is 2.48. The third-order valence-electron chi connectivity index (χ3n) is 3.21. The first-order chi connectivity index (χ1) is 7.74. The van der Waals surface area contributed by atoms with Gasteiger partial charge in [0.15, 0.2) is 0 Å². The molecular weight excluding hydrogens is 220 g/mol. The largest absolute Gasteiger partial charge is 0.325 e. The lowest BCUT2D eigenvalue weighted by molar-refractivity contribution is -0.130. The number of nitrogens with zero attached hydrogens (tertiary/aromatic N) is 1. The topological polar surface area (TPSA) is 32.3 Å². The maximum absolute atomic E-state index is 12.1. The second-order valence-electron chi connectivity index (χ2n) is 4.38. The molecule has 0 aromatic rings. The average molecular weight is 244 g/mol. The quantitative estimate of drug-likeness (QED) is 0.744. The van der Waals surface area contributed by atoms with Crippen molar-refractivity contribution in [1.82, 2.24) is 10.2 Å². The van der Waals surface area contributed by atoms with Gasteiger partial charge in [-0.05, 0) is 19.1 Å². The minimum Gasteiger partial charge on any atom is -0.325 e. The smallest absolute Gasteiger partial charge is 0.241 e. The van der Waals surface area contributed by atoms with Crippen LogP contribution in [0, 0.1) is 0 Å². The molecule has 2 atom stereocenters. The molecule has 0 bridgehead atoms. The summed E-state index contributed by atoms with van der Waals surface area (Å²) in [5.41, 5.74) is 0. The maximum atomic E-state index is 12.1. The number of rotatable bonds is 7. The number of hydrogen-bond donors (Lipinski definition) is 1. The van der Waals surface area contributed by atoms with Crippen molar-refractivity contribution in [2.75, 3.05) is 18.7 Å². The molecule has 4 heteroatoms. The van der Waals surface area contributed by atoms with Crippen LogP contribution in [0.5, 0.6) is 0 Å². The van der Waals surface area contributed by atoms with Crippen molar-refractivity contribution in [3.63, 3.8) is 0 Å². The summed E-state index contributed by atoms with van der Waals surface area (Å²) in [6.45, 7) is 5.07. The molecule has 3 nitrogen and oxygen atoms in total. The fourth-order valence-corrected chi connectivity index (χ4v) is 2.94. The van der Waals surface area contributed by atoms with Crippen LogP contribution in [0.2, 0.25) is 0 Å². The van der Waals surface area contributed by atoms with E-state index in [-0.39, 0.29) is 6.04 Å². The van der Waals surface area contributed by atoms with Gasteiger partial charge < -0.3 is 4.90 Å². The van der Waals surface area contributed by atoms with E-state index in [9.17, 15) is 4.79 Å². The zero-order valence-electron chi connectivity index (χ0n) is 10.7. The monoisotopic (exact) mass is 244 g/mol. The molecule has 1 saturated heterocycles. The third kappa shape index (κ3) is 3.39. The summed E-state index contributed by atoms with van der Waals surface area (Å²) in [4.78, 5) is 14.2. The highest BCUT2D eigenvalue weighted by Crippen LogP contribution is 2.17. The molecule has 0 aromatic carbocycles. The summed E-state index contributed by atoms with van der Waals surface area (Å²) in [7, 11) is 0. The predicted octanol–water partition coefficient (Wildman–Crippen LogP) is 2.08. The van der Waals surface area contributed by atoms with Crippen molar-refractivity contribution in [3.8, 4) is 0 Å². The summed E-state index contributed by atoms with van der Waals surface area (Å²) in [6, 6.07) is 0.484. The van der Waals surface area contributed by atoms with Gasteiger partial charge in [0.25, 0.3) is 0 Å². The molecule has 1 rings (SSSR count). The number of hydrogen-bond acceptors (Lipinski definition) is 3. The molecule has 1 amide bonds. The summed E-state index contributed by atoms with van der Waals surface area (Å²) < 4.78 is 0. The van der Waals surface area contributed by atoms with E-state index >= 15 is 0 Å². The molecule has 0 saturated carbocycles. The van der Waals surface area contributed by atoms with Crippen LogP contribution in [0.4, 0.5) is 0 Å². The van der Waals surface area contributed by atoms with Gasteiger partial charge in [0.05, 0.1) is 12.7 Å². The Morgan fingerprint density at radius 2 is 2.31 bits per heavy atom. The Bertz CT molecular complexity index is 223. The first kappa shape index (κ1) is 13.8. The maximum Gasteiger partial charge on any atom is 0.241 e. The van der Waals surface area contributed by atoms with Gasteiger partial charge in [0.2, 0.25) is 5.91 Å². The number of amides is 1. The van der Waals surface area contributed by atoms with Crippen molar-refractivity contribution >= 4 is 17.7 Å². The lowest BCUT2D eigenvalue weighted by atomic mass is 10.1. The Morgan fingerprint density at radius 3 is 2.88 bits per heavy atom. The van der Waals surface area contributed by atoms with Crippen LogP contribution in [-0.2, 0) is 4.79 Å². The van der Waals surface area contributed by atoms with E-state index in [0.29, 0.717) is 11.9 Å². The van der Waals surface area contributed by atoms with Crippen molar-refractivity contribution in [1.29, 1.82) is 0 Å². The lowest BCUT2D eigenvalue weighted by Gasteiger charge is -2.25. The van der Waals surface area contributed by atoms with E-state index in [1.807, 2.05) is 16.7 Å². The van der Waals surface area contributed by atoms with E-state index in [4.69, 9.17) is 0 Å². The summed E-state index contributed by atoms with van der Waals surface area (Å²) in [5, 5.41) is 3.33. The first-order valence-electron chi connectivity index (χ1n) is 6.27.